The minimum Gasteiger partial charge on any atom is -0.497 e. The van der Waals surface area contributed by atoms with Crippen LogP contribution < -0.4 is 15.0 Å². The van der Waals surface area contributed by atoms with E-state index in [0.717, 1.165) is 39.2 Å². The number of hydrogen-bond donors (Lipinski definition) is 1. The average Bonchev–Trinajstić information content (AvgIpc) is 3.47. The van der Waals surface area contributed by atoms with Crippen molar-refractivity contribution in [1.82, 2.24) is 9.97 Å². The Morgan fingerprint density at radius 2 is 1.92 bits per heavy atom. The van der Waals surface area contributed by atoms with Crippen LogP contribution in [0.15, 0.2) is 47.2 Å². The largest absolute Gasteiger partial charge is 0.497 e. The molecule has 0 amide bonds. The zero-order valence-electron chi connectivity index (χ0n) is 14.9. The second-order valence-electron chi connectivity index (χ2n) is 6.67. The standard InChI is InChI=1S/C20H21BrN4O/c1-25(12-13-3-7-15(26-2)8-4-13)20-17-10-22-19(24-14-5-6-14)9-16(17)18(21)11-23-20/h3-4,7-11,14H,5-6,12H2,1-2H3,(H,22,24). The van der Waals surface area contributed by atoms with Crippen LogP contribution in [0.4, 0.5) is 11.6 Å². The molecule has 134 valence electrons. The van der Waals surface area contributed by atoms with Gasteiger partial charge < -0.3 is 15.0 Å². The van der Waals surface area contributed by atoms with Crippen LogP contribution in [0, 0.1) is 0 Å². The second kappa shape index (κ2) is 7.11. The maximum atomic E-state index is 5.23. The van der Waals surface area contributed by atoms with E-state index in [1.165, 1.54) is 18.4 Å². The number of methoxy groups -OCH3 is 1. The van der Waals surface area contributed by atoms with Crippen LogP contribution >= 0.6 is 15.9 Å². The minimum absolute atomic E-state index is 0.581. The molecule has 1 N–H and O–H groups in total. The van der Waals surface area contributed by atoms with Gasteiger partial charge in [0.1, 0.15) is 17.4 Å². The lowest BCUT2D eigenvalue weighted by molar-refractivity contribution is 0.414. The van der Waals surface area contributed by atoms with Crippen LogP contribution in [0.25, 0.3) is 10.8 Å². The maximum Gasteiger partial charge on any atom is 0.138 e. The number of fused-ring (bicyclic) bond motifs is 1. The fourth-order valence-corrected chi connectivity index (χ4v) is 3.42. The van der Waals surface area contributed by atoms with Gasteiger partial charge in [0.25, 0.3) is 0 Å². The van der Waals surface area contributed by atoms with Crippen LogP contribution in [-0.4, -0.2) is 30.2 Å². The molecule has 2 heterocycles. The SMILES string of the molecule is COc1ccc(CN(C)c2ncc(Br)c3cc(NC4CC4)ncc23)cc1. The normalized spacial score (nSPS) is 13.7. The zero-order valence-corrected chi connectivity index (χ0v) is 16.5. The van der Waals surface area contributed by atoms with Crippen LogP contribution in [0.1, 0.15) is 18.4 Å². The van der Waals surface area contributed by atoms with Crippen LogP contribution in [-0.2, 0) is 6.54 Å². The van der Waals surface area contributed by atoms with Gasteiger partial charge in [-0.05, 0) is 52.5 Å². The van der Waals surface area contributed by atoms with Gasteiger partial charge in [0.2, 0.25) is 0 Å². The quantitative estimate of drug-likeness (QED) is 0.640. The molecule has 1 aromatic carbocycles. The maximum absolute atomic E-state index is 5.23. The highest BCUT2D eigenvalue weighted by molar-refractivity contribution is 9.10. The number of hydrogen-bond acceptors (Lipinski definition) is 5. The monoisotopic (exact) mass is 412 g/mol. The van der Waals surface area contributed by atoms with Crippen molar-refractivity contribution in [2.75, 3.05) is 24.4 Å². The molecule has 1 aliphatic carbocycles. The summed E-state index contributed by atoms with van der Waals surface area (Å²) >= 11 is 3.63. The van der Waals surface area contributed by atoms with Gasteiger partial charge in [-0.3, -0.25) is 0 Å². The van der Waals surface area contributed by atoms with Crippen molar-refractivity contribution >= 4 is 38.3 Å². The summed E-state index contributed by atoms with van der Waals surface area (Å²) in [5, 5.41) is 5.62. The third-order valence-electron chi connectivity index (χ3n) is 4.57. The lowest BCUT2D eigenvalue weighted by Gasteiger charge is -2.21. The van der Waals surface area contributed by atoms with Gasteiger partial charge >= 0.3 is 0 Å². The predicted molar refractivity (Wildman–Crippen MR) is 109 cm³/mol. The van der Waals surface area contributed by atoms with Gasteiger partial charge in [-0.1, -0.05) is 12.1 Å². The Kier molecular flexibility index (Phi) is 4.68. The van der Waals surface area contributed by atoms with Crippen molar-refractivity contribution in [3.63, 3.8) is 0 Å². The number of nitrogens with zero attached hydrogens (tertiary/aromatic N) is 3. The number of nitrogens with one attached hydrogen (secondary N) is 1. The Morgan fingerprint density at radius 1 is 1.15 bits per heavy atom. The molecule has 1 fully saturated rings. The number of rotatable bonds is 6. The molecule has 4 rings (SSSR count). The van der Waals surface area contributed by atoms with E-state index in [1.54, 1.807) is 7.11 Å². The first-order valence-electron chi connectivity index (χ1n) is 8.69. The van der Waals surface area contributed by atoms with E-state index in [-0.39, 0.29) is 0 Å². The molecule has 0 radical (unpaired) electrons. The third-order valence-corrected chi connectivity index (χ3v) is 5.20. The summed E-state index contributed by atoms with van der Waals surface area (Å²) in [7, 11) is 3.73. The first-order valence-corrected chi connectivity index (χ1v) is 9.48. The molecule has 1 aliphatic rings. The Hall–Kier alpha value is -2.34. The number of halogens is 1. The minimum atomic E-state index is 0.581. The van der Waals surface area contributed by atoms with E-state index in [9.17, 15) is 0 Å². The van der Waals surface area contributed by atoms with E-state index in [0.29, 0.717) is 6.04 Å². The second-order valence-corrected chi connectivity index (χ2v) is 7.52. The smallest absolute Gasteiger partial charge is 0.138 e. The Labute approximate surface area is 161 Å². The van der Waals surface area contributed by atoms with E-state index >= 15 is 0 Å². The molecule has 26 heavy (non-hydrogen) atoms. The molecule has 5 nitrogen and oxygen atoms in total. The molecule has 0 atom stereocenters. The predicted octanol–water partition coefficient (Wildman–Crippen LogP) is 4.61. The van der Waals surface area contributed by atoms with Gasteiger partial charge in [-0.15, -0.1) is 0 Å². The molecule has 6 heteroatoms. The van der Waals surface area contributed by atoms with Crippen LogP contribution in [0.2, 0.25) is 0 Å². The molecule has 2 aromatic heterocycles. The molecule has 1 saturated carbocycles. The summed E-state index contributed by atoms with van der Waals surface area (Å²) in [6.45, 7) is 0.760. The summed E-state index contributed by atoms with van der Waals surface area (Å²) in [5.41, 5.74) is 1.20. The van der Waals surface area contributed by atoms with E-state index in [4.69, 9.17) is 4.74 Å². The summed E-state index contributed by atoms with van der Waals surface area (Å²) in [5.74, 6) is 2.71. The topological polar surface area (TPSA) is 50.3 Å². The molecule has 0 saturated heterocycles. The van der Waals surface area contributed by atoms with Gasteiger partial charge in [0, 0.05) is 47.3 Å². The summed E-state index contributed by atoms with van der Waals surface area (Å²) < 4.78 is 6.21. The van der Waals surface area contributed by atoms with Crippen LogP contribution in [0.3, 0.4) is 0 Å². The van der Waals surface area contributed by atoms with E-state index in [1.807, 2.05) is 24.5 Å². The number of aromatic nitrogens is 2. The van der Waals surface area contributed by atoms with Crippen molar-refractivity contribution in [2.45, 2.75) is 25.4 Å². The molecule has 0 spiro atoms. The lowest BCUT2D eigenvalue weighted by atomic mass is 10.1. The number of ether oxygens (including phenoxy) is 1. The van der Waals surface area contributed by atoms with Crippen molar-refractivity contribution in [2.24, 2.45) is 0 Å². The third kappa shape index (κ3) is 3.60. The molecular weight excluding hydrogens is 392 g/mol. The molecule has 0 aliphatic heterocycles. The summed E-state index contributed by atoms with van der Waals surface area (Å²) in [4.78, 5) is 11.4. The van der Waals surface area contributed by atoms with Gasteiger partial charge in [-0.2, -0.15) is 0 Å². The van der Waals surface area contributed by atoms with Crippen molar-refractivity contribution in [1.29, 1.82) is 0 Å². The van der Waals surface area contributed by atoms with Crippen molar-refractivity contribution in [3.05, 3.63) is 52.8 Å². The first-order chi connectivity index (χ1) is 12.6. The lowest BCUT2D eigenvalue weighted by Crippen LogP contribution is -2.18. The first kappa shape index (κ1) is 17.1. The molecule has 3 aromatic rings. The highest BCUT2D eigenvalue weighted by Gasteiger charge is 2.21. The molecule has 0 unspecified atom stereocenters. The Balaban J connectivity index is 1.62. The van der Waals surface area contributed by atoms with Crippen LogP contribution in [0.5, 0.6) is 5.75 Å². The average molecular weight is 413 g/mol. The van der Waals surface area contributed by atoms with Gasteiger partial charge in [0.15, 0.2) is 0 Å². The summed E-state index contributed by atoms with van der Waals surface area (Å²) in [6, 6.07) is 10.8. The van der Waals surface area contributed by atoms with E-state index < -0.39 is 0 Å². The zero-order chi connectivity index (χ0) is 18.1. The molecule has 0 bridgehead atoms. The highest BCUT2D eigenvalue weighted by Crippen LogP contribution is 2.32. The van der Waals surface area contributed by atoms with Crippen molar-refractivity contribution in [3.8, 4) is 5.75 Å². The summed E-state index contributed by atoms with van der Waals surface area (Å²) in [6.07, 6.45) is 6.24. The van der Waals surface area contributed by atoms with E-state index in [2.05, 4.69) is 61.4 Å². The Bertz CT molecular complexity index is 925. The van der Waals surface area contributed by atoms with Gasteiger partial charge in [-0.25, -0.2) is 9.97 Å². The van der Waals surface area contributed by atoms with Gasteiger partial charge in [0.05, 0.1) is 7.11 Å². The number of anilines is 2. The van der Waals surface area contributed by atoms with Crippen molar-refractivity contribution < 1.29 is 4.74 Å². The highest BCUT2D eigenvalue weighted by atomic mass is 79.9. The Morgan fingerprint density at radius 3 is 2.62 bits per heavy atom. The molecular formula is C20H21BrN4O. The fraction of sp³-hybridized carbons (Fsp3) is 0.300. The fourth-order valence-electron chi connectivity index (χ4n) is 2.99. The number of pyridine rings is 2. The number of benzene rings is 1.